The quantitative estimate of drug-likeness (QED) is 0.778. The van der Waals surface area contributed by atoms with Crippen molar-refractivity contribution in [3.8, 4) is 5.88 Å². The van der Waals surface area contributed by atoms with Crippen LogP contribution in [0, 0.1) is 0 Å². The third kappa shape index (κ3) is 4.02. The molecule has 0 bridgehead atoms. The van der Waals surface area contributed by atoms with Crippen LogP contribution in [0.25, 0.3) is 0 Å². The zero-order valence-corrected chi connectivity index (χ0v) is 10.4. The van der Waals surface area contributed by atoms with Crippen molar-refractivity contribution in [3.63, 3.8) is 0 Å². The molecular formula is C11H20N4O. The number of ether oxygens (including phenoxy) is 1. The summed E-state index contributed by atoms with van der Waals surface area (Å²) in [5.74, 6) is 1.28. The van der Waals surface area contributed by atoms with E-state index in [0.29, 0.717) is 17.9 Å². The van der Waals surface area contributed by atoms with Gasteiger partial charge in [0, 0.05) is 38.4 Å². The second-order valence-electron chi connectivity index (χ2n) is 3.93. The van der Waals surface area contributed by atoms with E-state index in [-0.39, 0.29) is 0 Å². The van der Waals surface area contributed by atoms with Crippen LogP contribution in [0.3, 0.4) is 0 Å². The Balaban J connectivity index is 2.48. The fourth-order valence-corrected chi connectivity index (χ4v) is 1.25. The largest absolute Gasteiger partial charge is 0.481 e. The Hall–Kier alpha value is -1.36. The summed E-state index contributed by atoms with van der Waals surface area (Å²) < 4.78 is 5.05. The molecular weight excluding hydrogens is 204 g/mol. The monoisotopic (exact) mass is 224 g/mol. The van der Waals surface area contributed by atoms with Crippen molar-refractivity contribution < 1.29 is 4.74 Å². The maximum absolute atomic E-state index is 5.05. The molecule has 0 aliphatic rings. The van der Waals surface area contributed by atoms with Crippen molar-refractivity contribution in [1.29, 1.82) is 0 Å². The minimum atomic E-state index is 0.500. The van der Waals surface area contributed by atoms with E-state index in [9.17, 15) is 0 Å². The number of anilines is 1. The molecule has 5 heteroatoms. The lowest BCUT2D eigenvalue weighted by Gasteiger charge is -2.18. The molecule has 0 radical (unpaired) electrons. The normalized spacial score (nSPS) is 10.6. The van der Waals surface area contributed by atoms with Crippen LogP contribution in [0.4, 0.5) is 5.95 Å². The molecule has 0 atom stereocenters. The molecule has 0 aliphatic carbocycles. The number of hydrogen-bond acceptors (Lipinski definition) is 5. The molecule has 0 aliphatic heterocycles. The molecule has 1 rings (SSSR count). The average molecular weight is 224 g/mol. The summed E-state index contributed by atoms with van der Waals surface area (Å²) in [6, 6.07) is 2.24. The lowest BCUT2D eigenvalue weighted by molar-refractivity contribution is 0.397. The predicted octanol–water partition coefficient (Wildman–Crippen LogP) is 0.919. The van der Waals surface area contributed by atoms with Gasteiger partial charge in [-0.15, -0.1) is 0 Å². The molecule has 1 heterocycles. The molecule has 90 valence electrons. The SMILES string of the molecule is COc1ccnc(N(C)CCNC(C)C)n1. The third-order valence-electron chi connectivity index (χ3n) is 2.17. The number of aromatic nitrogens is 2. The first-order valence-electron chi connectivity index (χ1n) is 5.45. The summed E-state index contributed by atoms with van der Waals surface area (Å²) in [5, 5.41) is 3.35. The van der Waals surface area contributed by atoms with Gasteiger partial charge in [-0.05, 0) is 0 Å². The summed E-state index contributed by atoms with van der Waals surface area (Å²) in [7, 11) is 3.57. The van der Waals surface area contributed by atoms with Crippen LogP contribution in [0.1, 0.15) is 13.8 Å². The van der Waals surface area contributed by atoms with Crippen LogP contribution < -0.4 is 15.0 Å². The second-order valence-corrected chi connectivity index (χ2v) is 3.93. The highest BCUT2D eigenvalue weighted by molar-refractivity contribution is 5.30. The van der Waals surface area contributed by atoms with Gasteiger partial charge in [-0.25, -0.2) is 4.98 Å². The summed E-state index contributed by atoms with van der Waals surface area (Å²) in [5.41, 5.74) is 0. The molecule has 0 fully saturated rings. The second kappa shape index (κ2) is 6.27. The Morgan fingerprint density at radius 1 is 1.50 bits per heavy atom. The molecule has 0 saturated carbocycles. The fourth-order valence-electron chi connectivity index (χ4n) is 1.25. The lowest BCUT2D eigenvalue weighted by Crippen LogP contribution is -2.33. The topological polar surface area (TPSA) is 50.3 Å². The maximum atomic E-state index is 5.05. The van der Waals surface area contributed by atoms with Crippen molar-refractivity contribution in [1.82, 2.24) is 15.3 Å². The van der Waals surface area contributed by atoms with Gasteiger partial charge < -0.3 is 15.0 Å². The Labute approximate surface area is 96.8 Å². The molecule has 1 aromatic rings. The molecule has 0 unspecified atom stereocenters. The lowest BCUT2D eigenvalue weighted by atomic mass is 10.4. The van der Waals surface area contributed by atoms with Crippen molar-refractivity contribution in [2.45, 2.75) is 19.9 Å². The summed E-state index contributed by atoms with van der Waals surface area (Å²) in [4.78, 5) is 10.4. The summed E-state index contributed by atoms with van der Waals surface area (Å²) >= 11 is 0. The summed E-state index contributed by atoms with van der Waals surface area (Å²) in [6.45, 7) is 6.03. The first kappa shape index (κ1) is 12.7. The van der Waals surface area contributed by atoms with E-state index in [4.69, 9.17) is 4.74 Å². The van der Waals surface area contributed by atoms with Gasteiger partial charge >= 0.3 is 0 Å². The molecule has 16 heavy (non-hydrogen) atoms. The highest BCUT2D eigenvalue weighted by Crippen LogP contribution is 2.09. The van der Waals surface area contributed by atoms with Gasteiger partial charge in [-0.2, -0.15) is 4.98 Å². The maximum Gasteiger partial charge on any atom is 0.228 e. The van der Waals surface area contributed by atoms with E-state index >= 15 is 0 Å². The molecule has 0 aromatic carbocycles. The highest BCUT2D eigenvalue weighted by Gasteiger charge is 2.05. The van der Waals surface area contributed by atoms with Gasteiger partial charge in [0.1, 0.15) is 0 Å². The minimum absolute atomic E-state index is 0.500. The van der Waals surface area contributed by atoms with Crippen LogP contribution in [-0.2, 0) is 0 Å². The van der Waals surface area contributed by atoms with Gasteiger partial charge in [-0.1, -0.05) is 13.8 Å². The van der Waals surface area contributed by atoms with Crippen LogP contribution >= 0.6 is 0 Å². The van der Waals surface area contributed by atoms with Gasteiger partial charge in [0.05, 0.1) is 7.11 Å². The van der Waals surface area contributed by atoms with E-state index < -0.39 is 0 Å². The van der Waals surface area contributed by atoms with Crippen molar-refractivity contribution in [2.75, 3.05) is 32.1 Å². The number of hydrogen-bond donors (Lipinski definition) is 1. The average Bonchev–Trinajstić information content (AvgIpc) is 2.28. The van der Waals surface area contributed by atoms with E-state index in [1.165, 1.54) is 0 Å². The molecule has 0 amide bonds. The zero-order valence-electron chi connectivity index (χ0n) is 10.4. The number of likely N-dealkylation sites (N-methyl/N-ethyl adjacent to an activating group) is 1. The summed E-state index contributed by atoms with van der Waals surface area (Å²) in [6.07, 6.45) is 1.70. The zero-order chi connectivity index (χ0) is 12.0. The minimum Gasteiger partial charge on any atom is -0.481 e. The standard InChI is InChI=1S/C11H20N4O/c1-9(2)12-7-8-15(3)11-13-6-5-10(14-11)16-4/h5-6,9,12H,7-8H2,1-4H3. The van der Waals surface area contributed by atoms with E-state index in [0.717, 1.165) is 13.1 Å². The first-order chi connectivity index (χ1) is 7.63. The molecule has 5 nitrogen and oxygen atoms in total. The highest BCUT2D eigenvalue weighted by atomic mass is 16.5. The van der Waals surface area contributed by atoms with Crippen molar-refractivity contribution >= 4 is 5.95 Å². The Morgan fingerprint density at radius 3 is 2.88 bits per heavy atom. The smallest absolute Gasteiger partial charge is 0.228 e. The van der Waals surface area contributed by atoms with Crippen LogP contribution in [0.15, 0.2) is 12.3 Å². The van der Waals surface area contributed by atoms with Crippen molar-refractivity contribution in [3.05, 3.63) is 12.3 Å². The van der Waals surface area contributed by atoms with Gasteiger partial charge in [0.15, 0.2) is 0 Å². The Bertz CT molecular complexity index is 317. The number of rotatable bonds is 6. The van der Waals surface area contributed by atoms with Gasteiger partial charge in [0.25, 0.3) is 0 Å². The molecule has 1 aromatic heterocycles. The third-order valence-corrected chi connectivity index (χ3v) is 2.17. The Morgan fingerprint density at radius 2 is 2.25 bits per heavy atom. The molecule has 0 spiro atoms. The van der Waals surface area contributed by atoms with Crippen LogP contribution in [0.5, 0.6) is 5.88 Å². The first-order valence-corrected chi connectivity index (χ1v) is 5.45. The van der Waals surface area contributed by atoms with E-state index in [1.54, 1.807) is 19.4 Å². The van der Waals surface area contributed by atoms with Gasteiger partial charge in [-0.3, -0.25) is 0 Å². The van der Waals surface area contributed by atoms with E-state index in [1.807, 2.05) is 11.9 Å². The van der Waals surface area contributed by atoms with Crippen molar-refractivity contribution in [2.24, 2.45) is 0 Å². The van der Waals surface area contributed by atoms with Crippen LogP contribution in [0.2, 0.25) is 0 Å². The number of nitrogens with zero attached hydrogens (tertiary/aromatic N) is 3. The fraction of sp³-hybridized carbons (Fsp3) is 0.636. The number of nitrogens with one attached hydrogen (secondary N) is 1. The Kier molecular flexibility index (Phi) is 4.98. The van der Waals surface area contributed by atoms with Gasteiger partial charge in [0.2, 0.25) is 11.8 Å². The van der Waals surface area contributed by atoms with E-state index in [2.05, 4.69) is 29.1 Å². The molecule has 0 saturated heterocycles. The molecule has 1 N–H and O–H groups in total. The van der Waals surface area contributed by atoms with Crippen LogP contribution in [-0.4, -0.2) is 43.3 Å². The predicted molar refractivity (Wildman–Crippen MR) is 65.0 cm³/mol. The number of methoxy groups -OCH3 is 1.